The van der Waals surface area contributed by atoms with Crippen LogP contribution >= 0.6 is 0 Å². The van der Waals surface area contributed by atoms with Crippen LogP contribution in [0.3, 0.4) is 0 Å². The number of aromatic nitrogens is 2. The molecule has 0 unspecified atom stereocenters. The van der Waals surface area contributed by atoms with Gasteiger partial charge in [0.2, 0.25) is 10.0 Å². The van der Waals surface area contributed by atoms with Crippen molar-refractivity contribution in [2.45, 2.75) is 24.5 Å². The zero-order valence-corrected chi connectivity index (χ0v) is 12.1. The molecule has 0 spiro atoms. The van der Waals surface area contributed by atoms with E-state index in [2.05, 4.69) is 9.71 Å². The summed E-state index contributed by atoms with van der Waals surface area (Å²) >= 11 is 0. The van der Waals surface area contributed by atoms with Crippen molar-refractivity contribution >= 4 is 10.0 Å². The van der Waals surface area contributed by atoms with Gasteiger partial charge >= 0.3 is 0 Å². The molecule has 0 fully saturated rings. The van der Waals surface area contributed by atoms with Crippen LogP contribution in [0.4, 0.5) is 4.39 Å². The fourth-order valence-corrected chi connectivity index (χ4v) is 3.02. The molecular formula is C13H16FN3O3S. The Hall–Kier alpha value is -1.77. The highest BCUT2D eigenvalue weighted by Crippen LogP contribution is 2.16. The number of halogens is 1. The Kier molecular flexibility index (Phi) is 5.05. The molecule has 0 saturated carbocycles. The van der Waals surface area contributed by atoms with Gasteiger partial charge in [0.1, 0.15) is 10.7 Å². The number of aryl methyl sites for hydroxylation is 1. The van der Waals surface area contributed by atoms with Crippen molar-refractivity contribution in [1.29, 1.82) is 0 Å². The molecule has 0 atom stereocenters. The van der Waals surface area contributed by atoms with Crippen molar-refractivity contribution in [3.63, 3.8) is 0 Å². The molecule has 1 aromatic heterocycles. The van der Waals surface area contributed by atoms with Crippen LogP contribution < -0.4 is 4.72 Å². The number of aliphatic hydroxyl groups is 1. The third-order valence-electron chi connectivity index (χ3n) is 2.91. The van der Waals surface area contributed by atoms with Gasteiger partial charge in [0.25, 0.3) is 0 Å². The van der Waals surface area contributed by atoms with Crippen molar-refractivity contribution in [3.05, 3.63) is 48.3 Å². The molecule has 2 rings (SSSR count). The lowest BCUT2D eigenvalue weighted by Gasteiger charge is -2.09. The summed E-state index contributed by atoms with van der Waals surface area (Å²) in [7, 11) is -3.93. The highest BCUT2D eigenvalue weighted by atomic mass is 32.2. The largest absolute Gasteiger partial charge is 0.392 e. The monoisotopic (exact) mass is 313 g/mol. The molecule has 0 aliphatic heterocycles. The number of nitrogens with one attached hydrogen (secondary N) is 1. The van der Waals surface area contributed by atoms with Crippen LogP contribution in [0.1, 0.15) is 12.0 Å². The Balaban J connectivity index is 1.98. The normalized spacial score (nSPS) is 11.7. The quantitative estimate of drug-likeness (QED) is 0.743. The SMILES string of the molecule is O=S(=O)(NCCCn1ccnc1)c1cc(CO)ccc1F. The zero-order valence-electron chi connectivity index (χ0n) is 11.2. The summed E-state index contributed by atoms with van der Waals surface area (Å²) in [4.78, 5) is 3.43. The summed E-state index contributed by atoms with van der Waals surface area (Å²) in [5, 5.41) is 8.99. The van der Waals surface area contributed by atoms with Crippen LogP contribution in [-0.4, -0.2) is 29.6 Å². The molecule has 0 radical (unpaired) electrons. The first-order valence-electron chi connectivity index (χ1n) is 6.37. The minimum atomic E-state index is -3.93. The summed E-state index contributed by atoms with van der Waals surface area (Å²) in [6.45, 7) is 0.453. The van der Waals surface area contributed by atoms with Gasteiger partial charge in [-0.25, -0.2) is 22.5 Å². The highest BCUT2D eigenvalue weighted by molar-refractivity contribution is 7.89. The van der Waals surface area contributed by atoms with E-state index in [1.54, 1.807) is 18.7 Å². The lowest BCUT2D eigenvalue weighted by atomic mass is 10.2. The average molecular weight is 313 g/mol. The number of hydrogen-bond donors (Lipinski definition) is 2. The number of sulfonamides is 1. The second-order valence-corrected chi connectivity index (χ2v) is 6.21. The Morgan fingerprint density at radius 1 is 1.38 bits per heavy atom. The molecule has 1 aromatic carbocycles. The Morgan fingerprint density at radius 2 is 2.19 bits per heavy atom. The van der Waals surface area contributed by atoms with Crippen molar-refractivity contribution in [1.82, 2.24) is 14.3 Å². The lowest BCUT2D eigenvalue weighted by molar-refractivity contribution is 0.281. The predicted molar refractivity (Wildman–Crippen MR) is 74.4 cm³/mol. The fraction of sp³-hybridized carbons (Fsp3) is 0.308. The summed E-state index contributed by atoms with van der Waals surface area (Å²) < 4.78 is 41.8. The maximum atomic E-state index is 13.6. The van der Waals surface area contributed by atoms with Gasteiger partial charge in [0, 0.05) is 25.5 Å². The number of benzene rings is 1. The average Bonchev–Trinajstić information content (AvgIpc) is 2.97. The molecule has 21 heavy (non-hydrogen) atoms. The Morgan fingerprint density at radius 3 is 2.86 bits per heavy atom. The van der Waals surface area contributed by atoms with Gasteiger partial charge in [-0.05, 0) is 24.1 Å². The second kappa shape index (κ2) is 6.79. The van der Waals surface area contributed by atoms with Crippen LogP contribution in [0.25, 0.3) is 0 Å². The first-order chi connectivity index (χ1) is 10.0. The van der Waals surface area contributed by atoms with Crippen LogP contribution in [0.2, 0.25) is 0 Å². The molecule has 1 heterocycles. The van der Waals surface area contributed by atoms with Crippen LogP contribution in [0, 0.1) is 5.82 Å². The Bertz CT molecular complexity index is 687. The van der Waals surface area contributed by atoms with Gasteiger partial charge in [-0.3, -0.25) is 0 Å². The molecule has 0 bridgehead atoms. The summed E-state index contributed by atoms with van der Waals surface area (Å²) in [5.74, 6) is -0.839. The maximum absolute atomic E-state index is 13.6. The zero-order chi connectivity index (χ0) is 15.3. The Labute approximate surface area is 122 Å². The topological polar surface area (TPSA) is 84.2 Å². The van der Waals surface area contributed by atoms with Crippen molar-refractivity contribution in [3.8, 4) is 0 Å². The third kappa shape index (κ3) is 4.10. The number of hydrogen-bond acceptors (Lipinski definition) is 4. The minimum absolute atomic E-state index is 0.184. The van der Waals surface area contributed by atoms with Crippen LogP contribution in [-0.2, 0) is 23.2 Å². The van der Waals surface area contributed by atoms with Gasteiger partial charge in [0.15, 0.2) is 0 Å². The van der Waals surface area contributed by atoms with E-state index < -0.39 is 20.7 Å². The molecule has 0 amide bonds. The van der Waals surface area contributed by atoms with E-state index in [4.69, 9.17) is 5.11 Å². The lowest BCUT2D eigenvalue weighted by Crippen LogP contribution is -2.26. The van der Waals surface area contributed by atoms with Gasteiger partial charge in [0.05, 0.1) is 12.9 Å². The molecule has 2 N–H and O–H groups in total. The van der Waals surface area contributed by atoms with E-state index in [0.29, 0.717) is 18.5 Å². The number of rotatable bonds is 7. The molecule has 0 aliphatic rings. The van der Waals surface area contributed by atoms with Crippen molar-refractivity contribution in [2.24, 2.45) is 0 Å². The van der Waals surface area contributed by atoms with Crippen molar-refractivity contribution < 1.29 is 17.9 Å². The van der Waals surface area contributed by atoms with Gasteiger partial charge in [-0.1, -0.05) is 6.07 Å². The fourth-order valence-electron chi connectivity index (χ4n) is 1.82. The third-order valence-corrected chi connectivity index (χ3v) is 4.39. The smallest absolute Gasteiger partial charge is 0.243 e. The summed E-state index contributed by atoms with van der Waals surface area (Å²) in [6.07, 6.45) is 5.61. The van der Waals surface area contributed by atoms with Crippen LogP contribution in [0.15, 0.2) is 41.8 Å². The molecule has 6 nitrogen and oxygen atoms in total. The van der Waals surface area contributed by atoms with Crippen LogP contribution in [0.5, 0.6) is 0 Å². The first kappa shape index (κ1) is 15.6. The molecule has 2 aromatic rings. The van der Waals surface area contributed by atoms with Gasteiger partial charge in [-0.15, -0.1) is 0 Å². The van der Waals surface area contributed by atoms with E-state index in [1.807, 2.05) is 4.57 Å². The number of nitrogens with zero attached hydrogens (tertiary/aromatic N) is 2. The molecule has 114 valence electrons. The standard InChI is InChI=1S/C13H16FN3O3S/c14-12-3-2-11(9-18)8-13(12)21(19,20)16-4-1-6-17-7-5-15-10-17/h2-3,5,7-8,10,16,18H,1,4,6,9H2. The predicted octanol–water partition coefficient (Wildman–Crippen LogP) is 0.883. The van der Waals surface area contributed by atoms with E-state index >= 15 is 0 Å². The number of aliphatic hydroxyl groups excluding tert-OH is 1. The van der Waals surface area contributed by atoms with E-state index in [1.165, 1.54) is 6.07 Å². The molecule has 0 aliphatic carbocycles. The van der Waals surface area contributed by atoms with E-state index in [-0.39, 0.29) is 13.2 Å². The molecule has 0 saturated heterocycles. The van der Waals surface area contributed by atoms with Gasteiger partial charge in [-0.2, -0.15) is 0 Å². The molecule has 8 heteroatoms. The van der Waals surface area contributed by atoms with E-state index in [9.17, 15) is 12.8 Å². The highest BCUT2D eigenvalue weighted by Gasteiger charge is 2.18. The van der Waals surface area contributed by atoms with Crippen molar-refractivity contribution in [2.75, 3.05) is 6.54 Å². The number of imidazole rings is 1. The minimum Gasteiger partial charge on any atom is -0.392 e. The summed E-state index contributed by atoms with van der Waals surface area (Å²) in [5.41, 5.74) is 0.343. The summed E-state index contributed by atoms with van der Waals surface area (Å²) in [6, 6.07) is 3.51. The first-order valence-corrected chi connectivity index (χ1v) is 7.86. The molecular weight excluding hydrogens is 297 g/mol. The maximum Gasteiger partial charge on any atom is 0.243 e. The second-order valence-electron chi connectivity index (χ2n) is 4.47. The van der Waals surface area contributed by atoms with Gasteiger partial charge < -0.3 is 9.67 Å². The van der Waals surface area contributed by atoms with E-state index in [0.717, 1.165) is 12.1 Å².